The van der Waals surface area contributed by atoms with Gasteiger partial charge in [-0.2, -0.15) is 0 Å². The minimum absolute atomic E-state index is 0.0841. The summed E-state index contributed by atoms with van der Waals surface area (Å²) in [6.45, 7) is 7.84. The van der Waals surface area contributed by atoms with Crippen LogP contribution in [-0.4, -0.2) is 37.9 Å². The third kappa shape index (κ3) is 51.0. The predicted octanol–water partition coefficient (Wildman–Crippen LogP) is 18.8. The molecular formula is C57H108O5. The number of ether oxygens (including phenoxy) is 3. The highest BCUT2D eigenvalue weighted by Crippen LogP contribution is 2.16. The van der Waals surface area contributed by atoms with Crippen LogP contribution in [0.2, 0.25) is 0 Å². The Bertz CT molecular complexity index is 943. The summed E-state index contributed by atoms with van der Waals surface area (Å²) in [6, 6.07) is 0. The van der Waals surface area contributed by atoms with E-state index in [0.29, 0.717) is 19.4 Å². The molecule has 0 aromatic heterocycles. The summed E-state index contributed by atoms with van der Waals surface area (Å²) in [4.78, 5) is 25.4. The first-order chi connectivity index (χ1) is 30.6. The van der Waals surface area contributed by atoms with Crippen molar-refractivity contribution >= 4 is 11.9 Å². The molecule has 1 atom stereocenters. The fourth-order valence-corrected chi connectivity index (χ4v) is 8.27. The minimum Gasteiger partial charge on any atom is -0.462 e. The van der Waals surface area contributed by atoms with E-state index in [1.165, 1.54) is 212 Å². The molecule has 62 heavy (non-hydrogen) atoms. The van der Waals surface area contributed by atoms with Gasteiger partial charge in [-0.05, 0) is 70.6 Å². The third-order valence-electron chi connectivity index (χ3n) is 12.5. The smallest absolute Gasteiger partial charge is 0.306 e. The van der Waals surface area contributed by atoms with Crippen LogP contribution in [0, 0.1) is 0 Å². The van der Waals surface area contributed by atoms with E-state index in [9.17, 15) is 9.59 Å². The zero-order valence-electron chi connectivity index (χ0n) is 42.2. The molecule has 0 aromatic rings. The molecule has 0 radical (unpaired) electrons. The highest BCUT2D eigenvalue weighted by Gasteiger charge is 2.17. The SMILES string of the molecule is CCCCCC/C=C\CCCCCCCC(=O)OCC(COCCCCCCCCCCCCCCCCCCCCCC)OC(=O)CCCCCCC/C=C\CCCCCC. The average molecular weight is 873 g/mol. The van der Waals surface area contributed by atoms with Gasteiger partial charge in [0.25, 0.3) is 0 Å². The average Bonchev–Trinajstić information content (AvgIpc) is 3.27. The van der Waals surface area contributed by atoms with E-state index in [-0.39, 0.29) is 25.2 Å². The molecule has 0 aromatic carbocycles. The maximum absolute atomic E-state index is 12.8. The van der Waals surface area contributed by atoms with Crippen LogP contribution in [0.25, 0.3) is 0 Å². The summed E-state index contributed by atoms with van der Waals surface area (Å²) in [5, 5.41) is 0. The first-order valence-electron chi connectivity index (χ1n) is 27.9. The van der Waals surface area contributed by atoms with Crippen LogP contribution in [0.5, 0.6) is 0 Å². The number of carbonyl (C=O) groups excluding carboxylic acids is 2. The van der Waals surface area contributed by atoms with E-state index in [2.05, 4.69) is 45.1 Å². The van der Waals surface area contributed by atoms with Crippen molar-refractivity contribution in [2.75, 3.05) is 19.8 Å². The fraction of sp³-hybridized carbons (Fsp3) is 0.895. The number of carbonyl (C=O) groups is 2. The molecule has 0 aliphatic carbocycles. The van der Waals surface area contributed by atoms with Crippen LogP contribution in [-0.2, 0) is 23.8 Å². The lowest BCUT2D eigenvalue weighted by Gasteiger charge is -2.18. The molecule has 0 saturated carbocycles. The molecule has 0 N–H and O–H groups in total. The molecule has 0 saturated heterocycles. The number of hydrogen-bond donors (Lipinski definition) is 0. The van der Waals surface area contributed by atoms with Gasteiger partial charge in [0.2, 0.25) is 0 Å². The van der Waals surface area contributed by atoms with Crippen molar-refractivity contribution in [2.24, 2.45) is 0 Å². The van der Waals surface area contributed by atoms with Crippen LogP contribution in [0.4, 0.5) is 0 Å². The quantitative estimate of drug-likeness (QED) is 0.0346. The van der Waals surface area contributed by atoms with Gasteiger partial charge in [-0.15, -0.1) is 0 Å². The normalized spacial score (nSPS) is 12.2. The Kier molecular flexibility index (Phi) is 52.3. The standard InChI is InChI=1S/C57H108O5/c1-4-7-10-13-16-19-22-25-26-27-28-29-30-31-34-37-40-43-46-49-52-60-53-55(62-57(59)51-48-45-42-39-36-33-24-21-18-15-12-9-6-3)54-61-56(58)50-47-44-41-38-35-32-23-20-17-14-11-8-5-2/h20-21,23-24,55H,4-19,22,25-54H2,1-3H3/b23-20-,24-21-. The van der Waals surface area contributed by atoms with Gasteiger partial charge in [0.1, 0.15) is 6.61 Å². The fourth-order valence-electron chi connectivity index (χ4n) is 8.27. The van der Waals surface area contributed by atoms with Gasteiger partial charge in [-0.1, -0.05) is 244 Å². The molecule has 0 aliphatic rings. The molecule has 0 heterocycles. The second-order valence-electron chi connectivity index (χ2n) is 18.8. The summed E-state index contributed by atoms with van der Waals surface area (Å²) in [7, 11) is 0. The summed E-state index contributed by atoms with van der Waals surface area (Å²) in [6.07, 6.45) is 63.4. The maximum Gasteiger partial charge on any atom is 0.306 e. The monoisotopic (exact) mass is 873 g/mol. The van der Waals surface area contributed by atoms with Crippen LogP contribution in [0.1, 0.15) is 303 Å². The van der Waals surface area contributed by atoms with Crippen molar-refractivity contribution in [3.63, 3.8) is 0 Å². The molecule has 5 nitrogen and oxygen atoms in total. The second kappa shape index (κ2) is 53.7. The number of esters is 2. The number of hydrogen-bond acceptors (Lipinski definition) is 5. The highest BCUT2D eigenvalue weighted by molar-refractivity contribution is 5.70. The van der Waals surface area contributed by atoms with E-state index in [0.717, 1.165) is 57.8 Å². The van der Waals surface area contributed by atoms with Crippen molar-refractivity contribution in [2.45, 2.75) is 309 Å². The Balaban J connectivity index is 4.18. The molecule has 0 amide bonds. The van der Waals surface area contributed by atoms with E-state index in [1.807, 2.05) is 0 Å². The molecule has 1 unspecified atom stereocenters. The molecule has 0 bridgehead atoms. The van der Waals surface area contributed by atoms with Gasteiger partial charge in [-0.25, -0.2) is 0 Å². The van der Waals surface area contributed by atoms with E-state index in [1.54, 1.807) is 0 Å². The zero-order valence-corrected chi connectivity index (χ0v) is 42.2. The molecule has 5 heteroatoms. The zero-order chi connectivity index (χ0) is 44.9. The largest absolute Gasteiger partial charge is 0.462 e. The lowest BCUT2D eigenvalue weighted by molar-refractivity contribution is -0.163. The maximum atomic E-state index is 12.8. The number of rotatable bonds is 52. The van der Waals surface area contributed by atoms with Gasteiger partial charge in [0.15, 0.2) is 6.10 Å². The summed E-state index contributed by atoms with van der Waals surface area (Å²) in [5.41, 5.74) is 0. The second-order valence-corrected chi connectivity index (χ2v) is 18.8. The summed E-state index contributed by atoms with van der Waals surface area (Å²) >= 11 is 0. The number of allylic oxidation sites excluding steroid dienone is 4. The first kappa shape index (κ1) is 60.4. The lowest BCUT2D eigenvalue weighted by Crippen LogP contribution is -2.30. The van der Waals surface area contributed by atoms with Gasteiger partial charge in [-0.3, -0.25) is 9.59 Å². The highest BCUT2D eigenvalue weighted by atomic mass is 16.6. The number of unbranched alkanes of at least 4 members (excludes halogenated alkanes) is 37. The van der Waals surface area contributed by atoms with Gasteiger partial charge in [0, 0.05) is 19.4 Å². The van der Waals surface area contributed by atoms with E-state index < -0.39 is 6.10 Å². The van der Waals surface area contributed by atoms with Crippen LogP contribution >= 0.6 is 0 Å². The van der Waals surface area contributed by atoms with Crippen molar-refractivity contribution < 1.29 is 23.8 Å². The predicted molar refractivity (Wildman–Crippen MR) is 270 cm³/mol. The Morgan fingerprint density at radius 3 is 1.00 bits per heavy atom. The molecule has 366 valence electrons. The van der Waals surface area contributed by atoms with Gasteiger partial charge < -0.3 is 14.2 Å². The summed E-state index contributed by atoms with van der Waals surface area (Å²) in [5.74, 6) is -0.400. The summed E-state index contributed by atoms with van der Waals surface area (Å²) < 4.78 is 17.4. The Morgan fingerprint density at radius 1 is 0.339 bits per heavy atom. The molecule has 0 aliphatic heterocycles. The van der Waals surface area contributed by atoms with Crippen molar-refractivity contribution in [1.82, 2.24) is 0 Å². The van der Waals surface area contributed by atoms with Crippen LogP contribution < -0.4 is 0 Å². The molecule has 0 fully saturated rings. The third-order valence-corrected chi connectivity index (χ3v) is 12.5. The van der Waals surface area contributed by atoms with Gasteiger partial charge in [0.05, 0.1) is 6.61 Å². The van der Waals surface area contributed by atoms with E-state index >= 15 is 0 Å². The molecular weight excluding hydrogens is 765 g/mol. The Labute approximate surface area is 387 Å². The lowest BCUT2D eigenvalue weighted by atomic mass is 10.0. The molecule has 0 rings (SSSR count). The Morgan fingerprint density at radius 2 is 0.629 bits per heavy atom. The van der Waals surface area contributed by atoms with Gasteiger partial charge >= 0.3 is 11.9 Å². The minimum atomic E-state index is -0.537. The van der Waals surface area contributed by atoms with Crippen molar-refractivity contribution in [1.29, 1.82) is 0 Å². The topological polar surface area (TPSA) is 61.8 Å². The first-order valence-corrected chi connectivity index (χ1v) is 27.9. The van der Waals surface area contributed by atoms with Crippen molar-refractivity contribution in [3.8, 4) is 0 Å². The van der Waals surface area contributed by atoms with Crippen LogP contribution in [0.3, 0.4) is 0 Å². The van der Waals surface area contributed by atoms with E-state index in [4.69, 9.17) is 14.2 Å². The van der Waals surface area contributed by atoms with Crippen LogP contribution in [0.15, 0.2) is 24.3 Å². The van der Waals surface area contributed by atoms with Crippen molar-refractivity contribution in [3.05, 3.63) is 24.3 Å². The molecule has 0 spiro atoms. The Hall–Kier alpha value is -1.62.